The van der Waals surface area contributed by atoms with Gasteiger partial charge in [0.2, 0.25) is 10.0 Å². The summed E-state index contributed by atoms with van der Waals surface area (Å²) in [6.07, 6.45) is 0.148. The molecule has 0 saturated heterocycles. The van der Waals surface area contributed by atoms with Gasteiger partial charge in [-0.25, -0.2) is 12.7 Å². The maximum absolute atomic E-state index is 12.0. The minimum atomic E-state index is -3.49. The molecule has 0 fully saturated rings. The van der Waals surface area contributed by atoms with Crippen molar-refractivity contribution in [1.29, 1.82) is 10.5 Å². The topological polar surface area (TPSA) is 85.0 Å². The maximum Gasteiger partial charge on any atom is 0.218 e. The summed E-state index contributed by atoms with van der Waals surface area (Å²) in [6.45, 7) is 0.160. The van der Waals surface area contributed by atoms with E-state index in [0.717, 1.165) is 4.31 Å². The van der Waals surface area contributed by atoms with Crippen LogP contribution in [0.5, 0.6) is 0 Å². The summed E-state index contributed by atoms with van der Waals surface area (Å²) in [5.41, 5.74) is 0.832. The first-order chi connectivity index (χ1) is 8.51. The molecule has 0 N–H and O–H groups in total. The van der Waals surface area contributed by atoms with Gasteiger partial charge in [0.05, 0.1) is 23.5 Å². The number of rotatable bonds is 5. The molecule has 6 heteroatoms. The Hall–Kier alpha value is -1.89. The standard InChI is InChI=1S/C12H13N3O2S/c1-15(8-4-7-13)18(16,17)10-12-6-3-2-5-11(12)9-14/h2-3,5-6H,4,8,10H2,1H3. The largest absolute Gasteiger partial charge is 0.218 e. The third-order valence-electron chi connectivity index (χ3n) is 2.49. The first-order valence-electron chi connectivity index (χ1n) is 5.30. The zero-order valence-corrected chi connectivity index (χ0v) is 10.8. The van der Waals surface area contributed by atoms with Crippen LogP contribution in [0, 0.1) is 22.7 Å². The minimum absolute atomic E-state index is 0.148. The van der Waals surface area contributed by atoms with E-state index >= 15 is 0 Å². The van der Waals surface area contributed by atoms with Gasteiger partial charge in [-0.2, -0.15) is 10.5 Å². The Morgan fingerprint density at radius 2 is 1.94 bits per heavy atom. The summed E-state index contributed by atoms with van der Waals surface area (Å²) in [4.78, 5) is 0. The highest BCUT2D eigenvalue weighted by molar-refractivity contribution is 7.88. The Morgan fingerprint density at radius 3 is 2.56 bits per heavy atom. The van der Waals surface area contributed by atoms with Crippen LogP contribution in [0.4, 0.5) is 0 Å². The van der Waals surface area contributed by atoms with Gasteiger partial charge in [-0.3, -0.25) is 0 Å². The Bertz CT molecular complexity index is 596. The lowest BCUT2D eigenvalue weighted by Gasteiger charge is -2.15. The van der Waals surface area contributed by atoms with Gasteiger partial charge < -0.3 is 0 Å². The van der Waals surface area contributed by atoms with Crippen molar-refractivity contribution in [2.24, 2.45) is 0 Å². The normalized spacial score (nSPS) is 10.9. The molecule has 0 heterocycles. The van der Waals surface area contributed by atoms with E-state index in [4.69, 9.17) is 10.5 Å². The zero-order chi connectivity index (χ0) is 13.6. The summed E-state index contributed by atoms with van der Waals surface area (Å²) < 4.78 is 25.1. The number of benzene rings is 1. The molecule has 0 aromatic heterocycles. The molecular weight excluding hydrogens is 250 g/mol. The fourth-order valence-corrected chi connectivity index (χ4v) is 2.64. The summed E-state index contributed by atoms with van der Waals surface area (Å²) in [5, 5.41) is 17.3. The molecule has 0 unspecified atom stereocenters. The number of hydrogen-bond donors (Lipinski definition) is 0. The molecule has 0 atom stereocenters. The van der Waals surface area contributed by atoms with Gasteiger partial charge in [-0.1, -0.05) is 18.2 Å². The van der Waals surface area contributed by atoms with E-state index in [2.05, 4.69) is 0 Å². The highest BCUT2D eigenvalue weighted by Gasteiger charge is 2.19. The van der Waals surface area contributed by atoms with Crippen molar-refractivity contribution in [3.05, 3.63) is 35.4 Å². The predicted octanol–water partition coefficient (Wildman–Crippen LogP) is 1.23. The zero-order valence-electron chi connectivity index (χ0n) is 10.00. The van der Waals surface area contributed by atoms with Crippen molar-refractivity contribution in [3.8, 4) is 12.1 Å². The molecule has 1 aromatic carbocycles. The molecule has 5 nitrogen and oxygen atoms in total. The summed E-state index contributed by atoms with van der Waals surface area (Å²) >= 11 is 0. The smallest absolute Gasteiger partial charge is 0.212 e. The van der Waals surface area contributed by atoms with E-state index in [0.29, 0.717) is 11.1 Å². The summed E-state index contributed by atoms with van der Waals surface area (Å²) in [7, 11) is -2.05. The van der Waals surface area contributed by atoms with Crippen molar-refractivity contribution in [2.45, 2.75) is 12.2 Å². The van der Waals surface area contributed by atoms with Crippen LogP contribution in [-0.4, -0.2) is 26.3 Å². The van der Waals surface area contributed by atoms with Crippen LogP contribution in [0.3, 0.4) is 0 Å². The number of nitriles is 2. The number of nitrogens with zero attached hydrogens (tertiary/aromatic N) is 3. The van der Waals surface area contributed by atoms with E-state index in [-0.39, 0.29) is 18.7 Å². The summed E-state index contributed by atoms with van der Waals surface area (Å²) in [6, 6.07) is 10.5. The van der Waals surface area contributed by atoms with Gasteiger partial charge in [0, 0.05) is 20.0 Å². The van der Waals surface area contributed by atoms with Crippen LogP contribution in [0.2, 0.25) is 0 Å². The van der Waals surface area contributed by atoms with E-state index < -0.39 is 10.0 Å². The van der Waals surface area contributed by atoms with Crippen LogP contribution >= 0.6 is 0 Å². The first kappa shape index (κ1) is 14.2. The van der Waals surface area contributed by atoms with Crippen LogP contribution in [0.1, 0.15) is 17.5 Å². The fraction of sp³-hybridized carbons (Fsp3) is 0.333. The average Bonchev–Trinajstić information content (AvgIpc) is 2.36. The molecule has 0 aliphatic rings. The lowest BCUT2D eigenvalue weighted by atomic mass is 10.1. The van der Waals surface area contributed by atoms with E-state index in [1.54, 1.807) is 24.3 Å². The molecule has 0 aliphatic carbocycles. The highest BCUT2D eigenvalue weighted by Crippen LogP contribution is 2.13. The second-order valence-electron chi connectivity index (χ2n) is 3.75. The molecular formula is C12H13N3O2S. The highest BCUT2D eigenvalue weighted by atomic mass is 32.2. The first-order valence-corrected chi connectivity index (χ1v) is 6.91. The Balaban J connectivity index is 2.90. The van der Waals surface area contributed by atoms with Crippen LogP contribution in [0.15, 0.2) is 24.3 Å². The molecule has 0 bridgehead atoms. The number of sulfonamides is 1. The third-order valence-corrected chi connectivity index (χ3v) is 4.30. The molecule has 0 saturated carbocycles. The molecule has 0 radical (unpaired) electrons. The second kappa shape index (κ2) is 6.15. The van der Waals surface area contributed by atoms with Crippen LogP contribution in [0.25, 0.3) is 0 Å². The Morgan fingerprint density at radius 1 is 1.28 bits per heavy atom. The second-order valence-corrected chi connectivity index (χ2v) is 5.83. The van der Waals surface area contributed by atoms with Crippen LogP contribution < -0.4 is 0 Å². The van der Waals surface area contributed by atoms with Gasteiger partial charge in [0.25, 0.3) is 0 Å². The Kier molecular flexibility index (Phi) is 4.85. The summed E-state index contributed by atoms with van der Waals surface area (Å²) in [5.74, 6) is -0.224. The lowest BCUT2D eigenvalue weighted by molar-refractivity contribution is 0.475. The van der Waals surface area contributed by atoms with Crippen molar-refractivity contribution in [3.63, 3.8) is 0 Å². The predicted molar refractivity (Wildman–Crippen MR) is 66.6 cm³/mol. The van der Waals surface area contributed by atoms with Gasteiger partial charge in [-0.05, 0) is 11.6 Å². The van der Waals surface area contributed by atoms with Gasteiger partial charge >= 0.3 is 0 Å². The monoisotopic (exact) mass is 263 g/mol. The van der Waals surface area contributed by atoms with E-state index in [9.17, 15) is 8.42 Å². The molecule has 0 aliphatic heterocycles. The van der Waals surface area contributed by atoms with E-state index in [1.807, 2.05) is 12.1 Å². The fourth-order valence-electron chi connectivity index (χ4n) is 1.41. The average molecular weight is 263 g/mol. The molecule has 0 amide bonds. The minimum Gasteiger partial charge on any atom is -0.212 e. The third kappa shape index (κ3) is 3.56. The van der Waals surface area contributed by atoms with Crippen molar-refractivity contribution >= 4 is 10.0 Å². The Labute approximate surface area is 107 Å². The maximum atomic E-state index is 12.0. The SMILES string of the molecule is CN(CCC#N)S(=O)(=O)Cc1ccccc1C#N. The quantitative estimate of drug-likeness (QED) is 0.799. The number of hydrogen-bond acceptors (Lipinski definition) is 4. The van der Waals surface area contributed by atoms with Crippen molar-refractivity contribution in [2.75, 3.05) is 13.6 Å². The molecule has 94 valence electrons. The van der Waals surface area contributed by atoms with Gasteiger partial charge in [0.15, 0.2) is 0 Å². The van der Waals surface area contributed by atoms with Crippen LogP contribution in [-0.2, 0) is 15.8 Å². The van der Waals surface area contributed by atoms with E-state index in [1.165, 1.54) is 7.05 Å². The van der Waals surface area contributed by atoms with Crippen molar-refractivity contribution < 1.29 is 8.42 Å². The van der Waals surface area contributed by atoms with Gasteiger partial charge in [0.1, 0.15) is 0 Å². The van der Waals surface area contributed by atoms with Gasteiger partial charge in [-0.15, -0.1) is 0 Å². The molecule has 1 aromatic rings. The lowest BCUT2D eigenvalue weighted by Crippen LogP contribution is -2.29. The molecule has 1 rings (SSSR count). The molecule has 18 heavy (non-hydrogen) atoms. The van der Waals surface area contributed by atoms with Crippen molar-refractivity contribution in [1.82, 2.24) is 4.31 Å². The molecule has 0 spiro atoms.